The van der Waals surface area contributed by atoms with Crippen LogP contribution < -0.4 is 14.8 Å². The molecule has 0 aromatic heterocycles. The number of methoxy groups -OCH3 is 1. The van der Waals surface area contributed by atoms with Crippen LogP contribution in [0.15, 0.2) is 24.3 Å². The second-order valence-corrected chi connectivity index (χ2v) is 6.42. The third kappa shape index (κ3) is 6.04. The van der Waals surface area contributed by atoms with Gasteiger partial charge in [0.25, 0.3) is 5.91 Å². The Morgan fingerprint density at radius 1 is 1.21 bits per heavy atom. The Morgan fingerprint density at radius 3 is 2.62 bits per heavy atom. The highest BCUT2D eigenvalue weighted by Gasteiger charge is 2.17. The summed E-state index contributed by atoms with van der Waals surface area (Å²) in [6.07, 6.45) is 7.68. The fourth-order valence-corrected chi connectivity index (χ4v) is 3.19. The van der Waals surface area contributed by atoms with Crippen molar-refractivity contribution in [3.63, 3.8) is 0 Å². The van der Waals surface area contributed by atoms with E-state index in [1.165, 1.54) is 32.1 Å². The average Bonchev–Trinajstić information content (AvgIpc) is 2.64. The van der Waals surface area contributed by atoms with E-state index in [-0.39, 0.29) is 12.5 Å². The van der Waals surface area contributed by atoms with E-state index in [1.807, 2.05) is 18.2 Å². The zero-order chi connectivity index (χ0) is 17.2. The molecule has 1 fully saturated rings. The summed E-state index contributed by atoms with van der Waals surface area (Å²) in [5, 5.41) is 2.92. The number of hydrogen-bond donors (Lipinski definition) is 1. The molecule has 0 heterocycles. The molecule has 1 aliphatic carbocycles. The molecule has 1 saturated carbocycles. The first-order valence-corrected chi connectivity index (χ1v) is 8.93. The maximum Gasteiger partial charge on any atom is 0.257 e. The molecule has 5 nitrogen and oxygen atoms in total. The van der Waals surface area contributed by atoms with Gasteiger partial charge in [-0.3, -0.25) is 4.79 Å². The lowest BCUT2D eigenvalue weighted by Crippen LogP contribution is -2.36. The number of rotatable bonds is 9. The molecule has 0 bridgehead atoms. The molecule has 0 spiro atoms. The molecular weight excluding hydrogens is 304 g/mol. The highest BCUT2D eigenvalue weighted by Crippen LogP contribution is 2.25. The molecule has 0 radical (unpaired) electrons. The maximum atomic E-state index is 11.9. The van der Waals surface area contributed by atoms with Crippen LogP contribution in [-0.2, 0) is 4.79 Å². The number of carbonyl (C=O) groups excluding carboxylic acids is 1. The molecule has 1 N–H and O–H groups in total. The normalized spacial score (nSPS) is 15.3. The summed E-state index contributed by atoms with van der Waals surface area (Å²) < 4.78 is 10.7. The molecule has 0 saturated heterocycles. The van der Waals surface area contributed by atoms with Crippen LogP contribution in [0, 0.1) is 0 Å². The summed E-state index contributed by atoms with van der Waals surface area (Å²) in [6.45, 7) is 1.72. The van der Waals surface area contributed by atoms with Crippen molar-refractivity contribution >= 4 is 5.91 Å². The van der Waals surface area contributed by atoms with Crippen molar-refractivity contribution in [1.82, 2.24) is 10.2 Å². The predicted molar refractivity (Wildman–Crippen MR) is 95.6 cm³/mol. The summed E-state index contributed by atoms with van der Waals surface area (Å²) >= 11 is 0. The first-order valence-electron chi connectivity index (χ1n) is 8.93. The van der Waals surface area contributed by atoms with Crippen LogP contribution in [0.2, 0.25) is 0 Å². The lowest BCUT2D eigenvalue weighted by Gasteiger charge is -2.31. The van der Waals surface area contributed by atoms with Crippen molar-refractivity contribution in [3.8, 4) is 11.5 Å². The van der Waals surface area contributed by atoms with Crippen LogP contribution >= 0.6 is 0 Å². The molecule has 134 valence electrons. The fraction of sp³-hybridized carbons (Fsp3) is 0.632. The fourth-order valence-electron chi connectivity index (χ4n) is 3.19. The van der Waals surface area contributed by atoms with Crippen LogP contribution in [-0.4, -0.2) is 50.7 Å². The van der Waals surface area contributed by atoms with Crippen LogP contribution in [0.1, 0.15) is 38.5 Å². The van der Waals surface area contributed by atoms with E-state index < -0.39 is 0 Å². The third-order valence-corrected chi connectivity index (χ3v) is 4.64. The molecule has 1 aliphatic rings. The van der Waals surface area contributed by atoms with Gasteiger partial charge < -0.3 is 19.7 Å². The standard InChI is InChI=1S/C19H30N2O3/c1-21(16-9-4-3-5-10-16)14-8-13-20-19(22)15-24-18-12-7-6-11-17(18)23-2/h6-7,11-12,16H,3-5,8-10,13-15H2,1-2H3,(H,20,22). The molecule has 0 atom stereocenters. The lowest BCUT2D eigenvalue weighted by atomic mass is 9.94. The number of benzene rings is 1. The van der Waals surface area contributed by atoms with E-state index >= 15 is 0 Å². The van der Waals surface area contributed by atoms with Gasteiger partial charge in [0.15, 0.2) is 18.1 Å². The minimum atomic E-state index is -0.0961. The van der Waals surface area contributed by atoms with E-state index in [2.05, 4.69) is 17.3 Å². The smallest absolute Gasteiger partial charge is 0.257 e. The Bertz CT molecular complexity index is 501. The summed E-state index contributed by atoms with van der Waals surface area (Å²) in [7, 11) is 3.79. The van der Waals surface area contributed by atoms with Gasteiger partial charge >= 0.3 is 0 Å². The van der Waals surface area contributed by atoms with Crippen LogP contribution in [0.25, 0.3) is 0 Å². The Morgan fingerprint density at radius 2 is 1.92 bits per heavy atom. The number of hydrogen-bond acceptors (Lipinski definition) is 4. The number of amides is 1. The number of nitrogens with one attached hydrogen (secondary N) is 1. The molecule has 24 heavy (non-hydrogen) atoms. The molecule has 0 aliphatic heterocycles. The Kier molecular flexibility index (Phi) is 7.89. The summed E-state index contributed by atoms with van der Waals surface area (Å²) in [5.41, 5.74) is 0. The van der Waals surface area contributed by atoms with Crippen LogP contribution in [0.3, 0.4) is 0 Å². The van der Waals surface area contributed by atoms with Gasteiger partial charge in [0.05, 0.1) is 7.11 Å². The van der Waals surface area contributed by atoms with Gasteiger partial charge in [-0.1, -0.05) is 31.4 Å². The maximum absolute atomic E-state index is 11.9. The number of carbonyl (C=O) groups is 1. The summed E-state index contributed by atoms with van der Waals surface area (Å²) in [4.78, 5) is 14.3. The second-order valence-electron chi connectivity index (χ2n) is 6.42. The Balaban J connectivity index is 1.59. The lowest BCUT2D eigenvalue weighted by molar-refractivity contribution is -0.123. The Labute approximate surface area is 145 Å². The molecular formula is C19H30N2O3. The van der Waals surface area contributed by atoms with Crippen LogP contribution in [0.5, 0.6) is 11.5 Å². The number of nitrogens with zero attached hydrogens (tertiary/aromatic N) is 1. The topological polar surface area (TPSA) is 50.8 Å². The molecule has 0 unspecified atom stereocenters. The monoisotopic (exact) mass is 334 g/mol. The van der Waals surface area contributed by atoms with Crippen molar-refractivity contribution < 1.29 is 14.3 Å². The molecule has 2 rings (SSSR count). The van der Waals surface area contributed by atoms with Gasteiger partial charge in [-0.15, -0.1) is 0 Å². The Hall–Kier alpha value is -1.75. The van der Waals surface area contributed by atoms with Gasteiger partial charge in [-0.25, -0.2) is 0 Å². The van der Waals surface area contributed by atoms with Gasteiger partial charge in [0.1, 0.15) is 0 Å². The average molecular weight is 334 g/mol. The first kappa shape index (κ1) is 18.6. The van der Waals surface area contributed by atoms with E-state index in [4.69, 9.17) is 9.47 Å². The largest absolute Gasteiger partial charge is 0.493 e. The third-order valence-electron chi connectivity index (χ3n) is 4.64. The SMILES string of the molecule is COc1ccccc1OCC(=O)NCCCN(C)C1CCCCC1. The van der Waals surface area contributed by atoms with Crippen LogP contribution in [0.4, 0.5) is 0 Å². The van der Waals surface area contributed by atoms with Gasteiger partial charge in [-0.05, 0) is 45.0 Å². The van der Waals surface area contributed by atoms with E-state index in [0.29, 0.717) is 18.0 Å². The van der Waals surface area contributed by atoms with Crippen molar-refractivity contribution in [2.75, 3.05) is 33.9 Å². The minimum absolute atomic E-state index is 0.0127. The van der Waals surface area contributed by atoms with Crippen molar-refractivity contribution in [2.45, 2.75) is 44.6 Å². The summed E-state index contributed by atoms with van der Waals surface area (Å²) in [6, 6.07) is 8.06. The van der Waals surface area contributed by atoms with E-state index in [9.17, 15) is 4.79 Å². The minimum Gasteiger partial charge on any atom is -0.493 e. The highest BCUT2D eigenvalue weighted by molar-refractivity contribution is 5.77. The number of ether oxygens (including phenoxy) is 2. The van der Waals surface area contributed by atoms with Gasteiger partial charge in [0.2, 0.25) is 0 Å². The zero-order valence-electron chi connectivity index (χ0n) is 14.9. The molecule has 5 heteroatoms. The van der Waals surface area contributed by atoms with E-state index in [1.54, 1.807) is 13.2 Å². The molecule has 1 aromatic carbocycles. The zero-order valence-corrected chi connectivity index (χ0v) is 14.9. The predicted octanol–water partition coefficient (Wildman–Crippen LogP) is 2.84. The summed E-state index contributed by atoms with van der Waals surface area (Å²) in [5.74, 6) is 1.13. The molecule has 1 aromatic rings. The highest BCUT2D eigenvalue weighted by atomic mass is 16.5. The van der Waals surface area contributed by atoms with Gasteiger partial charge in [0, 0.05) is 12.6 Å². The number of para-hydroxylation sites is 2. The van der Waals surface area contributed by atoms with Crippen molar-refractivity contribution in [3.05, 3.63) is 24.3 Å². The first-order chi connectivity index (χ1) is 11.7. The van der Waals surface area contributed by atoms with Crippen molar-refractivity contribution in [2.24, 2.45) is 0 Å². The van der Waals surface area contributed by atoms with E-state index in [0.717, 1.165) is 19.0 Å². The van der Waals surface area contributed by atoms with Gasteiger partial charge in [-0.2, -0.15) is 0 Å². The van der Waals surface area contributed by atoms with Crippen molar-refractivity contribution in [1.29, 1.82) is 0 Å². The quantitative estimate of drug-likeness (QED) is 0.706. The second kappa shape index (κ2) is 10.2. The molecule has 1 amide bonds.